The predicted molar refractivity (Wildman–Crippen MR) is 86.0 cm³/mol. The SMILES string of the molecule is COC[C@@H]1CCCN1/N=C/C(C)Cc1cccc(OC)c1. The number of hydrazone groups is 1. The molecule has 0 radical (unpaired) electrons. The molecule has 4 heteroatoms. The minimum atomic E-state index is 0.404. The van der Waals surface area contributed by atoms with E-state index in [1.54, 1.807) is 14.2 Å². The molecule has 1 fully saturated rings. The monoisotopic (exact) mass is 290 g/mol. The van der Waals surface area contributed by atoms with Crippen molar-refractivity contribution in [3.8, 4) is 5.75 Å². The van der Waals surface area contributed by atoms with Crippen molar-refractivity contribution >= 4 is 6.21 Å². The van der Waals surface area contributed by atoms with Crippen LogP contribution in [-0.2, 0) is 11.2 Å². The Hall–Kier alpha value is -1.55. The van der Waals surface area contributed by atoms with Crippen molar-refractivity contribution in [2.45, 2.75) is 32.2 Å². The zero-order valence-electron chi connectivity index (χ0n) is 13.3. The maximum Gasteiger partial charge on any atom is 0.119 e. The summed E-state index contributed by atoms with van der Waals surface area (Å²) in [5, 5.41) is 6.83. The van der Waals surface area contributed by atoms with Crippen LogP contribution in [0.15, 0.2) is 29.4 Å². The van der Waals surface area contributed by atoms with Crippen LogP contribution in [-0.4, -0.2) is 44.6 Å². The van der Waals surface area contributed by atoms with Crippen molar-refractivity contribution in [3.63, 3.8) is 0 Å². The molecule has 116 valence electrons. The molecule has 1 saturated heterocycles. The van der Waals surface area contributed by atoms with Gasteiger partial charge >= 0.3 is 0 Å². The van der Waals surface area contributed by atoms with Crippen LogP contribution in [0.5, 0.6) is 5.75 Å². The standard InChI is InChI=1S/C17H26N2O2/c1-14(10-15-6-4-8-17(11-15)21-3)12-18-19-9-5-7-16(19)13-20-2/h4,6,8,11-12,14,16H,5,7,9-10,13H2,1-3H3/b18-12+/t14?,16-/m0/s1. The van der Waals surface area contributed by atoms with Crippen molar-refractivity contribution in [2.24, 2.45) is 11.0 Å². The number of ether oxygens (including phenoxy) is 2. The molecule has 2 rings (SSSR count). The summed E-state index contributed by atoms with van der Waals surface area (Å²) in [6, 6.07) is 8.68. The third-order valence-corrected chi connectivity index (χ3v) is 3.87. The maximum absolute atomic E-state index is 5.26. The van der Waals surface area contributed by atoms with Crippen molar-refractivity contribution in [1.29, 1.82) is 0 Å². The Kier molecular flexibility index (Phi) is 6.05. The van der Waals surface area contributed by atoms with Gasteiger partial charge in [0.25, 0.3) is 0 Å². The minimum absolute atomic E-state index is 0.404. The second-order valence-electron chi connectivity index (χ2n) is 5.71. The van der Waals surface area contributed by atoms with Gasteiger partial charge in [-0.2, -0.15) is 5.10 Å². The molecule has 0 aromatic heterocycles. The lowest BCUT2D eigenvalue weighted by molar-refractivity contribution is 0.118. The predicted octanol–water partition coefficient (Wildman–Crippen LogP) is 2.97. The molecule has 4 nitrogen and oxygen atoms in total. The third-order valence-electron chi connectivity index (χ3n) is 3.87. The van der Waals surface area contributed by atoms with Crippen LogP contribution >= 0.6 is 0 Å². The Morgan fingerprint density at radius 2 is 2.29 bits per heavy atom. The molecule has 1 aliphatic rings. The van der Waals surface area contributed by atoms with Gasteiger partial charge in [0.05, 0.1) is 19.8 Å². The summed E-state index contributed by atoms with van der Waals surface area (Å²) in [4.78, 5) is 0. The largest absolute Gasteiger partial charge is 0.497 e. The lowest BCUT2D eigenvalue weighted by Crippen LogP contribution is -2.28. The Balaban J connectivity index is 1.88. The van der Waals surface area contributed by atoms with Gasteiger partial charge in [-0.05, 0) is 42.9 Å². The molecule has 1 aromatic rings. The van der Waals surface area contributed by atoms with Crippen molar-refractivity contribution in [2.75, 3.05) is 27.4 Å². The molecule has 1 unspecified atom stereocenters. The van der Waals surface area contributed by atoms with Gasteiger partial charge in [-0.15, -0.1) is 0 Å². The van der Waals surface area contributed by atoms with Gasteiger partial charge in [-0.3, -0.25) is 5.01 Å². The van der Waals surface area contributed by atoms with Crippen LogP contribution in [0.3, 0.4) is 0 Å². The van der Waals surface area contributed by atoms with Crippen LogP contribution in [0, 0.1) is 5.92 Å². The molecule has 1 aliphatic heterocycles. The van der Waals surface area contributed by atoms with Crippen molar-refractivity contribution < 1.29 is 9.47 Å². The Morgan fingerprint density at radius 1 is 1.43 bits per heavy atom. The number of hydrogen-bond acceptors (Lipinski definition) is 4. The van der Waals surface area contributed by atoms with Gasteiger partial charge in [-0.25, -0.2) is 0 Å². The van der Waals surface area contributed by atoms with E-state index in [2.05, 4.69) is 35.4 Å². The summed E-state index contributed by atoms with van der Waals surface area (Å²) in [6.07, 6.45) is 5.42. The Bertz CT molecular complexity index is 462. The fourth-order valence-corrected chi connectivity index (χ4v) is 2.76. The molecule has 2 atom stereocenters. The second kappa shape index (κ2) is 8.03. The molecule has 1 heterocycles. The maximum atomic E-state index is 5.26. The van der Waals surface area contributed by atoms with E-state index in [0.29, 0.717) is 12.0 Å². The van der Waals surface area contributed by atoms with Crippen molar-refractivity contribution in [3.05, 3.63) is 29.8 Å². The highest BCUT2D eigenvalue weighted by molar-refractivity contribution is 5.60. The Labute approximate surface area is 127 Å². The number of nitrogens with zero attached hydrogens (tertiary/aromatic N) is 2. The fraction of sp³-hybridized carbons (Fsp3) is 0.588. The molecule has 1 aromatic carbocycles. The summed E-state index contributed by atoms with van der Waals surface area (Å²) in [5.41, 5.74) is 1.28. The van der Waals surface area contributed by atoms with Gasteiger partial charge in [0, 0.05) is 19.9 Å². The normalized spacial score (nSPS) is 20.1. The first-order chi connectivity index (χ1) is 10.2. The number of benzene rings is 1. The molecule has 0 bridgehead atoms. The highest BCUT2D eigenvalue weighted by Gasteiger charge is 2.22. The topological polar surface area (TPSA) is 34.1 Å². The van der Waals surface area contributed by atoms with E-state index >= 15 is 0 Å². The quantitative estimate of drug-likeness (QED) is 0.724. The van der Waals surface area contributed by atoms with E-state index in [1.807, 2.05) is 12.1 Å². The van der Waals surface area contributed by atoms with Gasteiger partial charge in [0.15, 0.2) is 0 Å². The first kappa shape index (κ1) is 15.8. The summed E-state index contributed by atoms with van der Waals surface area (Å²) in [7, 11) is 3.46. The summed E-state index contributed by atoms with van der Waals surface area (Å²) in [6.45, 7) is 4.00. The fourth-order valence-electron chi connectivity index (χ4n) is 2.76. The molecule has 0 aliphatic carbocycles. The van der Waals surface area contributed by atoms with Gasteiger partial charge < -0.3 is 9.47 Å². The molecule has 0 saturated carbocycles. The summed E-state index contributed by atoms with van der Waals surface area (Å²) in [5.74, 6) is 1.32. The smallest absolute Gasteiger partial charge is 0.119 e. The molecule has 0 N–H and O–H groups in total. The number of hydrogen-bond donors (Lipinski definition) is 0. The zero-order chi connectivity index (χ0) is 15.1. The van der Waals surface area contributed by atoms with E-state index in [9.17, 15) is 0 Å². The van der Waals surface area contributed by atoms with Crippen LogP contribution in [0.25, 0.3) is 0 Å². The van der Waals surface area contributed by atoms with Crippen LogP contribution in [0.2, 0.25) is 0 Å². The van der Waals surface area contributed by atoms with E-state index in [0.717, 1.165) is 25.3 Å². The van der Waals surface area contributed by atoms with E-state index in [1.165, 1.54) is 18.4 Å². The van der Waals surface area contributed by atoms with Gasteiger partial charge in [0.1, 0.15) is 5.75 Å². The van der Waals surface area contributed by atoms with Crippen LogP contribution in [0.1, 0.15) is 25.3 Å². The molecule has 0 amide bonds. The minimum Gasteiger partial charge on any atom is -0.497 e. The summed E-state index contributed by atoms with van der Waals surface area (Å²) < 4.78 is 10.5. The number of rotatable bonds is 7. The Morgan fingerprint density at radius 3 is 3.05 bits per heavy atom. The third kappa shape index (κ3) is 4.74. The van der Waals surface area contributed by atoms with Gasteiger partial charge in [-0.1, -0.05) is 19.1 Å². The lowest BCUT2D eigenvalue weighted by atomic mass is 10.0. The first-order valence-corrected chi connectivity index (χ1v) is 7.65. The summed E-state index contributed by atoms with van der Waals surface area (Å²) >= 11 is 0. The number of methoxy groups -OCH3 is 2. The molecule has 0 spiro atoms. The lowest BCUT2D eigenvalue weighted by Gasteiger charge is -2.21. The van der Waals surface area contributed by atoms with Crippen LogP contribution < -0.4 is 4.74 Å². The van der Waals surface area contributed by atoms with E-state index < -0.39 is 0 Å². The average molecular weight is 290 g/mol. The molecular weight excluding hydrogens is 264 g/mol. The molecular formula is C17H26N2O2. The van der Waals surface area contributed by atoms with E-state index in [4.69, 9.17) is 9.47 Å². The van der Waals surface area contributed by atoms with E-state index in [-0.39, 0.29) is 0 Å². The highest BCUT2D eigenvalue weighted by atomic mass is 16.5. The highest BCUT2D eigenvalue weighted by Crippen LogP contribution is 2.18. The second-order valence-corrected chi connectivity index (χ2v) is 5.71. The van der Waals surface area contributed by atoms with Gasteiger partial charge in [0.2, 0.25) is 0 Å². The zero-order valence-corrected chi connectivity index (χ0v) is 13.3. The average Bonchev–Trinajstić information content (AvgIpc) is 2.93. The molecule has 21 heavy (non-hydrogen) atoms. The first-order valence-electron chi connectivity index (χ1n) is 7.65. The van der Waals surface area contributed by atoms with Crippen LogP contribution in [0.4, 0.5) is 0 Å². The van der Waals surface area contributed by atoms with Crippen molar-refractivity contribution in [1.82, 2.24) is 5.01 Å².